The topological polar surface area (TPSA) is 104 Å². The predicted molar refractivity (Wildman–Crippen MR) is 97.0 cm³/mol. The molecular weight excluding hydrogens is 322 g/mol. The lowest BCUT2D eigenvalue weighted by molar-refractivity contribution is -0.580. The van der Waals surface area contributed by atoms with Crippen LogP contribution in [0.4, 0.5) is 0 Å². The van der Waals surface area contributed by atoms with Crippen LogP contribution in [0.3, 0.4) is 0 Å². The Kier molecular flexibility index (Phi) is 9.63. The van der Waals surface area contributed by atoms with Gasteiger partial charge in [-0.1, -0.05) is 63.3 Å². The summed E-state index contributed by atoms with van der Waals surface area (Å²) < 4.78 is 0. The highest BCUT2D eigenvalue weighted by Gasteiger charge is 2.44. The van der Waals surface area contributed by atoms with E-state index in [0.717, 1.165) is 12.8 Å². The fourth-order valence-electron chi connectivity index (χ4n) is 2.86. The van der Waals surface area contributed by atoms with Crippen LogP contribution < -0.4 is 0 Å². The van der Waals surface area contributed by atoms with Gasteiger partial charge in [0.15, 0.2) is 0 Å². The molecule has 1 aromatic carbocycles. The average molecular weight is 353 g/mol. The summed E-state index contributed by atoms with van der Waals surface area (Å²) in [4.78, 5) is 10.4. The lowest BCUT2D eigenvalue weighted by atomic mass is 9.91. The Balaban J connectivity index is 2.53. The average Bonchev–Trinajstić information content (AvgIpc) is 2.62. The van der Waals surface area contributed by atoms with E-state index in [1.165, 1.54) is 37.7 Å². The van der Waals surface area contributed by atoms with E-state index in [0.29, 0.717) is 5.56 Å². The van der Waals surface area contributed by atoms with Crippen molar-refractivity contribution in [2.24, 2.45) is 0 Å². The number of rotatable bonds is 13. The zero-order chi connectivity index (χ0) is 18.7. The Morgan fingerprint density at radius 1 is 1.04 bits per heavy atom. The smallest absolute Gasteiger partial charge is 0.270 e. The minimum Gasteiger partial charge on any atom is -0.389 e. The van der Waals surface area contributed by atoms with Gasteiger partial charge in [0.25, 0.3) is 5.54 Å². The third kappa shape index (κ3) is 6.72. The maximum Gasteiger partial charge on any atom is 0.270 e. The Bertz CT molecular complexity index is 499. The molecule has 0 spiro atoms. The van der Waals surface area contributed by atoms with Gasteiger partial charge in [-0.05, 0) is 24.0 Å². The highest BCUT2D eigenvalue weighted by molar-refractivity contribution is 5.24. The Morgan fingerprint density at radius 3 is 2.12 bits per heavy atom. The molecule has 0 radical (unpaired) electrons. The van der Waals surface area contributed by atoms with E-state index in [4.69, 9.17) is 0 Å². The minimum atomic E-state index is -1.92. The largest absolute Gasteiger partial charge is 0.389 e. The quantitative estimate of drug-likeness (QED) is 0.287. The zero-order valence-electron chi connectivity index (χ0n) is 15.1. The summed E-state index contributed by atoms with van der Waals surface area (Å²) in [5.74, 6) is 0. The lowest BCUT2D eigenvalue weighted by Crippen LogP contribution is -2.47. The molecule has 1 rings (SSSR count). The van der Waals surface area contributed by atoms with Crippen LogP contribution in [0.2, 0.25) is 0 Å². The van der Waals surface area contributed by atoms with Gasteiger partial charge >= 0.3 is 0 Å². The second-order valence-corrected chi connectivity index (χ2v) is 6.78. The van der Waals surface area contributed by atoms with Crippen molar-refractivity contribution in [2.45, 2.75) is 69.9 Å². The summed E-state index contributed by atoms with van der Waals surface area (Å²) in [5.41, 5.74) is -0.188. The Morgan fingerprint density at radius 2 is 1.60 bits per heavy atom. The number of hydrogen-bond acceptors (Lipinski definition) is 5. The highest BCUT2D eigenvalue weighted by atomic mass is 16.6. The van der Waals surface area contributed by atoms with Crippen LogP contribution in [0.5, 0.6) is 0 Å². The number of benzene rings is 1. The molecule has 6 heteroatoms. The van der Waals surface area contributed by atoms with Gasteiger partial charge in [-0.2, -0.15) is 0 Å². The van der Waals surface area contributed by atoms with Gasteiger partial charge in [0.2, 0.25) is 0 Å². The summed E-state index contributed by atoms with van der Waals surface area (Å²) >= 11 is 0. The molecule has 25 heavy (non-hydrogen) atoms. The normalized spacial score (nSPS) is 13.0. The van der Waals surface area contributed by atoms with E-state index < -0.39 is 29.8 Å². The molecule has 0 heterocycles. The molecule has 0 aliphatic heterocycles. The fraction of sp³-hybridized carbons (Fsp3) is 0.684. The number of unbranched alkanes of at least 4 members (excludes halogenated alkanes) is 5. The molecule has 1 aromatic rings. The monoisotopic (exact) mass is 353 g/mol. The van der Waals surface area contributed by atoms with E-state index in [9.17, 15) is 25.4 Å². The third-order valence-electron chi connectivity index (χ3n) is 4.73. The van der Waals surface area contributed by atoms with E-state index in [1.54, 1.807) is 12.1 Å². The molecule has 0 aliphatic carbocycles. The Labute approximate surface area is 149 Å². The molecule has 1 unspecified atom stereocenters. The molecule has 0 aromatic heterocycles. The number of nitrogens with zero attached hydrogens (tertiary/aromatic N) is 1. The van der Waals surface area contributed by atoms with Crippen molar-refractivity contribution in [3.05, 3.63) is 45.5 Å². The van der Waals surface area contributed by atoms with Crippen LogP contribution in [0.25, 0.3) is 0 Å². The zero-order valence-corrected chi connectivity index (χ0v) is 15.1. The summed E-state index contributed by atoms with van der Waals surface area (Å²) in [6.45, 7) is 0.570. The lowest BCUT2D eigenvalue weighted by Gasteiger charge is -2.23. The minimum absolute atomic E-state index is 0.330. The fourth-order valence-corrected chi connectivity index (χ4v) is 2.86. The molecule has 0 aliphatic rings. The molecule has 0 saturated carbocycles. The molecule has 0 saturated heterocycles. The summed E-state index contributed by atoms with van der Waals surface area (Å²) in [5, 5.41) is 39.8. The number of aliphatic hydroxyl groups is 3. The van der Waals surface area contributed by atoms with E-state index in [-0.39, 0.29) is 6.42 Å². The van der Waals surface area contributed by atoms with E-state index in [2.05, 4.69) is 6.92 Å². The van der Waals surface area contributed by atoms with Crippen molar-refractivity contribution in [3.63, 3.8) is 0 Å². The predicted octanol–water partition coefficient (Wildman–Crippen LogP) is 3.01. The van der Waals surface area contributed by atoms with Crippen molar-refractivity contribution in [2.75, 3.05) is 13.2 Å². The van der Waals surface area contributed by atoms with Crippen molar-refractivity contribution in [1.82, 2.24) is 0 Å². The van der Waals surface area contributed by atoms with Gasteiger partial charge in [-0.15, -0.1) is 0 Å². The highest BCUT2D eigenvalue weighted by Crippen LogP contribution is 2.26. The summed E-state index contributed by atoms with van der Waals surface area (Å²) in [6.07, 6.45) is 6.97. The first-order valence-corrected chi connectivity index (χ1v) is 9.12. The van der Waals surface area contributed by atoms with Gasteiger partial charge in [0, 0.05) is 4.92 Å². The summed E-state index contributed by atoms with van der Waals surface area (Å²) in [7, 11) is 0. The van der Waals surface area contributed by atoms with Crippen LogP contribution in [0.1, 0.15) is 69.1 Å². The van der Waals surface area contributed by atoms with Crippen molar-refractivity contribution in [3.8, 4) is 0 Å². The van der Waals surface area contributed by atoms with Gasteiger partial charge in [0.05, 0.1) is 12.5 Å². The second kappa shape index (κ2) is 11.2. The number of nitro groups is 1. The standard InChI is InChI=1S/C19H31NO5/c1-2-3-4-5-6-7-8-16-9-11-17(12-10-16)18(23)13-19(14-21,15-22)20(24)25/h9-12,18,21-23H,2-8,13-15H2,1H3. The first-order valence-electron chi connectivity index (χ1n) is 9.12. The van der Waals surface area contributed by atoms with Crippen LogP contribution in [0, 0.1) is 10.1 Å². The van der Waals surface area contributed by atoms with Crippen molar-refractivity contribution in [1.29, 1.82) is 0 Å². The second-order valence-electron chi connectivity index (χ2n) is 6.78. The maximum atomic E-state index is 11.1. The van der Waals surface area contributed by atoms with Crippen molar-refractivity contribution < 1.29 is 20.2 Å². The van der Waals surface area contributed by atoms with Gasteiger partial charge in [-0.3, -0.25) is 10.1 Å². The number of aliphatic hydroxyl groups excluding tert-OH is 3. The SMILES string of the molecule is CCCCCCCCc1ccc(C(O)CC(CO)(CO)[N+](=O)[O-])cc1. The molecule has 0 fully saturated rings. The first-order chi connectivity index (χ1) is 12.0. The summed E-state index contributed by atoms with van der Waals surface area (Å²) in [6, 6.07) is 7.37. The molecule has 6 nitrogen and oxygen atoms in total. The Hall–Kier alpha value is -1.50. The van der Waals surface area contributed by atoms with Crippen LogP contribution in [-0.4, -0.2) is 39.0 Å². The van der Waals surface area contributed by atoms with Crippen LogP contribution >= 0.6 is 0 Å². The molecule has 0 bridgehead atoms. The van der Waals surface area contributed by atoms with Crippen LogP contribution in [-0.2, 0) is 6.42 Å². The number of hydrogen-bond donors (Lipinski definition) is 3. The molecule has 1 atom stereocenters. The van der Waals surface area contributed by atoms with Gasteiger partial charge < -0.3 is 15.3 Å². The van der Waals surface area contributed by atoms with Crippen LogP contribution in [0.15, 0.2) is 24.3 Å². The first kappa shape index (κ1) is 21.5. The molecule has 0 amide bonds. The number of aryl methyl sites for hydroxylation is 1. The third-order valence-corrected chi connectivity index (χ3v) is 4.73. The van der Waals surface area contributed by atoms with E-state index in [1.807, 2.05) is 12.1 Å². The van der Waals surface area contributed by atoms with Gasteiger partial charge in [-0.25, -0.2) is 0 Å². The van der Waals surface area contributed by atoms with Crippen molar-refractivity contribution >= 4 is 0 Å². The molecule has 3 N–H and O–H groups in total. The van der Waals surface area contributed by atoms with E-state index >= 15 is 0 Å². The van der Waals surface area contributed by atoms with Gasteiger partial charge in [0.1, 0.15) is 13.2 Å². The maximum absolute atomic E-state index is 11.1. The molecular formula is C19H31NO5. The molecule has 142 valence electrons.